The Labute approximate surface area is 181 Å². The van der Waals surface area contributed by atoms with Crippen molar-refractivity contribution in [3.8, 4) is 0 Å². The van der Waals surface area contributed by atoms with E-state index in [4.69, 9.17) is 29.4 Å². The Hall–Kier alpha value is -2.66. The Morgan fingerprint density at radius 2 is 1.87 bits per heavy atom. The van der Waals surface area contributed by atoms with E-state index in [2.05, 4.69) is 15.6 Å². The van der Waals surface area contributed by atoms with Crippen LogP contribution in [0, 0.1) is 0 Å². The number of rotatable bonds is 11. The van der Waals surface area contributed by atoms with Gasteiger partial charge in [0.05, 0.1) is 35.0 Å². The molecular formula is C20H29N7O2S. The standard InChI is InChI=1S/C20H29N7O2S/c21-7-9-27(10-8-22)19(28)6-5-16(23)20(29)25-13-18(30)26-15-11-14-3-1-2-4-17(14)24-12-15/h1-4,11-12,16H,5-10,13,21-23H2,(H,25,29)(H,26,30). The van der Waals surface area contributed by atoms with Crippen molar-refractivity contribution < 1.29 is 9.59 Å². The van der Waals surface area contributed by atoms with Crippen LogP contribution in [-0.4, -0.2) is 65.5 Å². The zero-order valence-corrected chi connectivity index (χ0v) is 17.7. The van der Waals surface area contributed by atoms with Gasteiger partial charge in [0.2, 0.25) is 11.8 Å². The smallest absolute Gasteiger partial charge is 0.237 e. The molecule has 0 fully saturated rings. The summed E-state index contributed by atoms with van der Waals surface area (Å²) in [4.78, 5) is 30.8. The van der Waals surface area contributed by atoms with Crippen LogP contribution in [0.1, 0.15) is 12.8 Å². The Balaban J connectivity index is 1.76. The third-order valence-electron chi connectivity index (χ3n) is 4.45. The average molecular weight is 432 g/mol. The fourth-order valence-electron chi connectivity index (χ4n) is 2.88. The van der Waals surface area contributed by atoms with Crippen LogP contribution in [0.3, 0.4) is 0 Å². The fraction of sp³-hybridized carbons (Fsp3) is 0.400. The molecule has 1 heterocycles. The number of pyridine rings is 1. The molecule has 0 saturated carbocycles. The third kappa shape index (κ3) is 7.30. The lowest BCUT2D eigenvalue weighted by Crippen LogP contribution is -2.44. The first-order chi connectivity index (χ1) is 14.4. The number of para-hydroxylation sites is 1. The van der Waals surface area contributed by atoms with Gasteiger partial charge in [0.1, 0.15) is 0 Å². The highest BCUT2D eigenvalue weighted by Crippen LogP contribution is 2.15. The highest BCUT2D eigenvalue weighted by atomic mass is 32.1. The van der Waals surface area contributed by atoms with Crippen molar-refractivity contribution in [3.63, 3.8) is 0 Å². The van der Waals surface area contributed by atoms with Crippen LogP contribution in [-0.2, 0) is 9.59 Å². The SMILES string of the molecule is NCCN(CCN)C(=O)CCC(N)C(=O)NCC(=S)Nc1cnc2ccccc2c1. The molecule has 1 aromatic carbocycles. The summed E-state index contributed by atoms with van der Waals surface area (Å²) in [6.07, 6.45) is 2.06. The molecule has 2 amide bonds. The lowest BCUT2D eigenvalue weighted by atomic mass is 10.1. The number of thiocarbonyl (C=S) groups is 1. The Bertz CT molecular complexity index is 871. The van der Waals surface area contributed by atoms with E-state index >= 15 is 0 Å². The molecule has 0 radical (unpaired) electrons. The van der Waals surface area contributed by atoms with Gasteiger partial charge in [-0.05, 0) is 18.6 Å². The molecule has 0 saturated heterocycles. The molecule has 2 aromatic rings. The minimum Gasteiger partial charge on any atom is -0.348 e. The number of carbonyl (C=O) groups is 2. The van der Waals surface area contributed by atoms with Gasteiger partial charge in [-0.15, -0.1) is 0 Å². The molecule has 0 aliphatic heterocycles. The predicted octanol–water partition coefficient (Wildman–Crippen LogP) is -0.0562. The second-order valence-electron chi connectivity index (χ2n) is 6.79. The summed E-state index contributed by atoms with van der Waals surface area (Å²) in [6, 6.07) is 8.87. The summed E-state index contributed by atoms with van der Waals surface area (Å²) in [5.74, 6) is -0.483. The number of nitrogens with two attached hydrogens (primary N) is 3. The highest BCUT2D eigenvalue weighted by Gasteiger charge is 2.18. The lowest BCUT2D eigenvalue weighted by Gasteiger charge is -2.22. The average Bonchev–Trinajstić information content (AvgIpc) is 2.75. The van der Waals surface area contributed by atoms with Crippen LogP contribution >= 0.6 is 12.2 Å². The molecule has 0 aliphatic rings. The molecule has 0 spiro atoms. The van der Waals surface area contributed by atoms with Gasteiger partial charge in [-0.3, -0.25) is 14.6 Å². The number of amides is 2. The van der Waals surface area contributed by atoms with Gasteiger partial charge >= 0.3 is 0 Å². The number of fused-ring (bicyclic) bond motifs is 1. The molecule has 9 nitrogen and oxygen atoms in total. The zero-order chi connectivity index (χ0) is 21.9. The van der Waals surface area contributed by atoms with Crippen molar-refractivity contribution in [2.24, 2.45) is 17.2 Å². The van der Waals surface area contributed by atoms with E-state index in [9.17, 15) is 9.59 Å². The van der Waals surface area contributed by atoms with E-state index < -0.39 is 6.04 Å². The maximum Gasteiger partial charge on any atom is 0.237 e. The number of carbonyl (C=O) groups excluding carboxylic acids is 2. The monoisotopic (exact) mass is 431 g/mol. The summed E-state index contributed by atoms with van der Waals surface area (Å²) in [5.41, 5.74) is 18.5. The van der Waals surface area contributed by atoms with Crippen LogP contribution in [0.2, 0.25) is 0 Å². The molecule has 1 unspecified atom stereocenters. The molecule has 8 N–H and O–H groups in total. The third-order valence-corrected chi connectivity index (χ3v) is 4.70. The van der Waals surface area contributed by atoms with Crippen molar-refractivity contribution >= 4 is 45.6 Å². The van der Waals surface area contributed by atoms with E-state index in [0.29, 0.717) is 31.2 Å². The summed E-state index contributed by atoms with van der Waals surface area (Å²) in [7, 11) is 0. The maximum atomic E-state index is 12.2. The van der Waals surface area contributed by atoms with E-state index in [1.54, 1.807) is 11.1 Å². The first kappa shape index (κ1) is 23.6. The Morgan fingerprint density at radius 1 is 1.17 bits per heavy atom. The summed E-state index contributed by atoms with van der Waals surface area (Å²) < 4.78 is 0. The number of nitrogens with one attached hydrogen (secondary N) is 2. The fourth-order valence-corrected chi connectivity index (χ4v) is 3.07. The second-order valence-corrected chi connectivity index (χ2v) is 7.28. The quantitative estimate of drug-likeness (QED) is 0.310. The van der Waals surface area contributed by atoms with Crippen LogP contribution in [0.25, 0.3) is 10.9 Å². The molecule has 162 valence electrons. The molecular weight excluding hydrogens is 402 g/mol. The summed E-state index contributed by atoms with van der Waals surface area (Å²) >= 11 is 5.28. The highest BCUT2D eigenvalue weighted by molar-refractivity contribution is 7.80. The second kappa shape index (κ2) is 12.1. The molecule has 10 heteroatoms. The van der Waals surface area contributed by atoms with E-state index in [1.165, 1.54) is 0 Å². The van der Waals surface area contributed by atoms with Crippen molar-refractivity contribution in [1.82, 2.24) is 15.2 Å². The van der Waals surface area contributed by atoms with Gasteiger partial charge in [0.15, 0.2) is 0 Å². The van der Waals surface area contributed by atoms with Crippen molar-refractivity contribution in [3.05, 3.63) is 36.5 Å². The van der Waals surface area contributed by atoms with E-state index in [1.807, 2.05) is 30.3 Å². The van der Waals surface area contributed by atoms with E-state index in [0.717, 1.165) is 16.6 Å². The van der Waals surface area contributed by atoms with E-state index in [-0.39, 0.29) is 31.2 Å². The van der Waals surface area contributed by atoms with Gasteiger partial charge in [0.25, 0.3) is 0 Å². The summed E-state index contributed by atoms with van der Waals surface area (Å²) in [6.45, 7) is 1.71. The minimum absolute atomic E-state index is 0.116. The number of hydrogen-bond acceptors (Lipinski definition) is 7. The van der Waals surface area contributed by atoms with Crippen molar-refractivity contribution in [2.45, 2.75) is 18.9 Å². The normalized spacial score (nSPS) is 11.7. The van der Waals surface area contributed by atoms with Crippen LogP contribution in [0.4, 0.5) is 5.69 Å². The molecule has 0 aliphatic carbocycles. The van der Waals surface area contributed by atoms with Crippen molar-refractivity contribution in [2.75, 3.05) is 38.0 Å². The maximum absolute atomic E-state index is 12.2. The number of hydrogen-bond donors (Lipinski definition) is 5. The molecule has 2 rings (SSSR count). The zero-order valence-electron chi connectivity index (χ0n) is 16.8. The molecule has 0 bridgehead atoms. The number of anilines is 1. The first-order valence-electron chi connectivity index (χ1n) is 9.80. The summed E-state index contributed by atoms with van der Waals surface area (Å²) in [5, 5.41) is 6.73. The topological polar surface area (TPSA) is 152 Å². The van der Waals surface area contributed by atoms with Crippen LogP contribution in [0.5, 0.6) is 0 Å². The van der Waals surface area contributed by atoms with Gasteiger partial charge in [0, 0.05) is 38.0 Å². The first-order valence-corrected chi connectivity index (χ1v) is 10.2. The van der Waals surface area contributed by atoms with Gasteiger partial charge in [-0.25, -0.2) is 0 Å². The molecule has 1 aromatic heterocycles. The predicted molar refractivity (Wildman–Crippen MR) is 123 cm³/mol. The largest absolute Gasteiger partial charge is 0.348 e. The van der Waals surface area contributed by atoms with Gasteiger partial charge in [-0.1, -0.05) is 30.4 Å². The molecule has 1 atom stereocenters. The Kier molecular flexibility index (Phi) is 9.55. The van der Waals surface area contributed by atoms with Gasteiger partial charge < -0.3 is 32.7 Å². The number of benzene rings is 1. The van der Waals surface area contributed by atoms with Crippen LogP contribution < -0.4 is 27.8 Å². The van der Waals surface area contributed by atoms with Crippen molar-refractivity contribution in [1.29, 1.82) is 0 Å². The van der Waals surface area contributed by atoms with Gasteiger partial charge in [-0.2, -0.15) is 0 Å². The minimum atomic E-state index is -0.809. The molecule has 30 heavy (non-hydrogen) atoms. The lowest BCUT2D eigenvalue weighted by molar-refractivity contribution is -0.131. The number of aromatic nitrogens is 1. The Morgan fingerprint density at radius 3 is 2.57 bits per heavy atom. The number of nitrogens with zero attached hydrogens (tertiary/aromatic N) is 2. The van der Waals surface area contributed by atoms with Crippen LogP contribution in [0.15, 0.2) is 36.5 Å².